The molecular formula is C10H17F2N. The van der Waals surface area contributed by atoms with Crippen molar-refractivity contribution in [3.63, 3.8) is 0 Å². The van der Waals surface area contributed by atoms with Crippen molar-refractivity contribution in [2.24, 2.45) is 11.8 Å². The Balaban J connectivity index is 1.71. The van der Waals surface area contributed by atoms with Crippen molar-refractivity contribution in [2.75, 3.05) is 13.1 Å². The van der Waals surface area contributed by atoms with E-state index >= 15 is 0 Å². The van der Waals surface area contributed by atoms with Crippen LogP contribution in [0.3, 0.4) is 0 Å². The lowest BCUT2D eigenvalue weighted by Crippen LogP contribution is -2.56. The fourth-order valence-corrected chi connectivity index (χ4v) is 2.31. The first kappa shape index (κ1) is 9.38. The summed E-state index contributed by atoms with van der Waals surface area (Å²) in [5, 5.41) is 0. The Kier molecular flexibility index (Phi) is 2.10. The summed E-state index contributed by atoms with van der Waals surface area (Å²) in [5.74, 6) is -1.46. The summed E-state index contributed by atoms with van der Waals surface area (Å²) in [5.41, 5.74) is 0. The SMILES string of the molecule is CC(C)N1CC(C2CC(F)(F)C2)C1. The lowest BCUT2D eigenvalue weighted by Gasteiger charge is -2.50. The lowest BCUT2D eigenvalue weighted by molar-refractivity contribution is -0.147. The van der Waals surface area contributed by atoms with Gasteiger partial charge in [0.25, 0.3) is 0 Å². The van der Waals surface area contributed by atoms with Gasteiger partial charge in [0.05, 0.1) is 0 Å². The van der Waals surface area contributed by atoms with Crippen LogP contribution in [0.15, 0.2) is 0 Å². The van der Waals surface area contributed by atoms with Gasteiger partial charge in [-0.15, -0.1) is 0 Å². The van der Waals surface area contributed by atoms with Crippen LogP contribution in [0.4, 0.5) is 8.78 Å². The molecule has 1 nitrogen and oxygen atoms in total. The van der Waals surface area contributed by atoms with Gasteiger partial charge in [0.15, 0.2) is 0 Å². The summed E-state index contributed by atoms with van der Waals surface area (Å²) in [6, 6.07) is 0.580. The van der Waals surface area contributed by atoms with E-state index in [2.05, 4.69) is 18.7 Å². The van der Waals surface area contributed by atoms with Crippen LogP contribution in [0.5, 0.6) is 0 Å². The van der Waals surface area contributed by atoms with Crippen molar-refractivity contribution in [2.45, 2.75) is 38.7 Å². The lowest BCUT2D eigenvalue weighted by atomic mass is 9.70. The van der Waals surface area contributed by atoms with Gasteiger partial charge in [-0.05, 0) is 25.7 Å². The highest BCUT2D eigenvalue weighted by Crippen LogP contribution is 2.48. The van der Waals surface area contributed by atoms with E-state index < -0.39 is 5.92 Å². The van der Waals surface area contributed by atoms with Crippen LogP contribution in [0.25, 0.3) is 0 Å². The molecule has 0 atom stereocenters. The van der Waals surface area contributed by atoms with Crippen molar-refractivity contribution in [3.8, 4) is 0 Å². The molecule has 0 amide bonds. The molecule has 1 saturated carbocycles. The minimum Gasteiger partial charge on any atom is -0.300 e. The van der Waals surface area contributed by atoms with Crippen molar-refractivity contribution < 1.29 is 8.78 Å². The molecule has 0 aromatic carbocycles. The summed E-state index contributed by atoms with van der Waals surface area (Å²) >= 11 is 0. The van der Waals surface area contributed by atoms with E-state index in [0.717, 1.165) is 13.1 Å². The van der Waals surface area contributed by atoms with Crippen molar-refractivity contribution in [1.82, 2.24) is 4.90 Å². The fraction of sp³-hybridized carbons (Fsp3) is 1.00. The predicted molar refractivity (Wildman–Crippen MR) is 47.9 cm³/mol. The quantitative estimate of drug-likeness (QED) is 0.644. The highest BCUT2D eigenvalue weighted by atomic mass is 19.3. The molecule has 1 aliphatic heterocycles. The number of hydrogen-bond acceptors (Lipinski definition) is 1. The second-order valence-electron chi connectivity index (χ2n) is 4.83. The Morgan fingerprint density at radius 3 is 2.08 bits per heavy atom. The molecule has 1 aliphatic carbocycles. The van der Waals surface area contributed by atoms with Gasteiger partial charge in [0.1, 0.15) is 0 Å². The third-order valence-electron chi connectivity index (χ3n) is 3.46. The summed E-state index contributed by atoms with van der Waals surface area (Å²) in [6.45, 7) is 6.40. The maximum atomic E-state index is 12.6. The number of halogens is 2. The van der Waals surface area contributed by atoms with E-state index in [1.54, 1.807) is 0 Å². The number of likely N-dealkylation sites (tertiary alicyclic amines) is 1. The summed E-state index contributed by atoms with van der Waals surface area (Å²) in [6.07, 6.45) is 0.285. The highest BCUT2D eigenvalue weighted by molar-refractivity contribution is 4.96. The van der Waals surface area contributed by atoms with Crippen LogP contribution in [-0.2, 0) is 0 Å². The summed E-state index contributed by atoms with van der Waals surface area (Å²) < 4.78 is 25.1. The fourth-order valence-electron chi connectivity index (χ4n) is 2.31. The molecule has 2 rings (SSSR count). The van der Waals surface area contributed by atoms with Crippen molar-refractivity contribution >= 4 is 0 Å². The molecule has 0 bridgehead atoms. The first-order valence-electron chi connectivity index (χ1n) is 5.10. The van der Waals surface area contributed by atoms with Crippen LogP contribution < -0.4 is 0 Å². The Bertz CT molecular complexity index is 189. The molecule has 2 aliphatic rings. The maximum absolute atomic E-state index is 12.6. The average molecular weight is 189 g/mol. The topological polar surface area (TPSA) is 3.24 Å². The number of rotatable bonds is 2. The Morgan fingerprint density at radius 1 is 1.15 bits per heavy atom. The molecule has 0 spiro atoms. The molecule has 76 valence electrons. The van der Waals surface area contributed by atoms with E-state index in [4.69, 9.17) is 0 Å². The predicted octanol–water partition coefficient (Wildman–Crippen LogP) is 2.37. The van der Waals surface area contributed by atoms with Crippen LogP contribution in [0.2, 0.25) is 0 Å². The van der Waals surface area contributed by atoms with E-state index in [-0.39, 0.29) is 12.8 Å². The van der Waals surface area contributed by atoms with Crippen molar-refractivity contribution in [1.29, 1.82) is 0 Å². The molecule has 0 aromatic heterocycles. The molecule has 0 radical (unpaired) electrons. The largest absolute Gasteiger partial charge is 0.300 e. The zero-order valence-electron chi connectivity index (χ0n) is 8.26. The molecule has 13 heavy (non-hydrogen) atoms. The van der Waals surface area contributed by atoms with Gasteiger partial charge in [-0.3, -0.25) is 0 Å². The van der Waals surface area contributed by atoms with Crippen LogP contribution in [0.1, 0.15) is 26.7 Å². The molecule has 0 unspecified atom stereocenters. The van der Waals surface area contributed by atoms with Gasteiger partial charge in [-0.2, -0.15) is 0 Å². The number of hydrogen-bond donors (Lipinski definition) is 0. The number of nitrogens with zero attached hydrogens (tertiary/aromatic N) is 1. The zero-order chi connectivity index (χ0) is 9.64. The molecule has 0 N–H and O–H groups in total. The standard InChI is InChI=1S/C10H17F2N/c1-7(2)13-5-9(6-13)8-3-10(11,12)4-8/h7-9H,3-6H2,1-2H3. The van der Waals surface area contributed by atoms with Crippen molar-refractivity contribution in [3.05, 3.63) is 0 Å². The van der Waals surface area contributed by atoms with Crippen LogP contribution >= 0.6 is 0 Å². The summed E-state index contributed by atoms with van der Waals surface area (Å²) in [7, 11) is 0. The van der Waals surface area contributed by atoms with E-state index in [1.165, 1.54) is 0 Å². The minimum absolute atomic E-state index is 0.142. The maximum Gasteiger partial charge on any atom is 0.248 e. The smallest absolute Gasteiger partial charge is 0.248 e. The molecule has 1 saturated heterocycles. The second-order valence-corrected chi connectivity index (χ2v) is 4.83. The van der Waals surface area contributed by atoms with Gasteiger partial charge < -0.3 is 4.90 Å². The highest BCUT2D eigenvalue weighted by Gasteiger charge is 2.50. The normalized spacial score (nSPS) is 30.2. The van der Waals surface area contributed by atoms with Gasteiger partial charge in [0, 0.05) is 32.0 Å². The van der Waals surface area contributed by atoms with Gasteiger partial charge in [-0.25, -0.2) is 8.78 Å². The number of alkyl halides is 2. The van der Waals surface area contributed by atoms with Gasteiger partial charge in [-0.1, -0.05) is 0 Å². The minimum atomic E-state index is -2.33. The van der Waals surface area contributed by atoms with Gasteiger partial charge >= 0.3 is 0 Å². The molecule has 2 fully saturated rings. The third kappa shape index (κ3) is 1.71. The zero-order valence-corrected chi connectivity index (χ0v) is 8.26. The van der Waals surface area contributed by atoms with E-state index in [1.807, 2.05) is 0 Å². The monoisotopic (exact) mass is 189 g/mol. The Morgan fingerprint density at radius 2 is 1.69 bits per heavy atom. The molecule has 3 heteroatoms. The van der Waals surface area contributed by atoms with Gasteiger partial charge in [0.2, 0.25) is 5.92 Å². The van der Waals surface area contributed by atoms with Crippen LogP contribution in [0, 0.1) is 11.8 Å². The second kappa shape index (κ2) is 2.91. The molecule has 1 heterocycles. The first-order chi connectivity index (χ1) is 5.98. The Labute approximate surface area is 78.1 Å². The van der Waals surface area contributed by atoms with Crippen LogP contribution in [-0.4, -0.2) is 30.0 Å². The van der Waals surface area contributed by atoms with E-state index in [9.17, 15) is 8.78 Å². The third-order valence-corrected chi connectivity index (χ3v) is 3.46. The molecule has 0 aromatic rings. The molecular weight excluding hydrogens is 172 g/mol. The summed E-state index contributed by atoms with van der Waals surface area (Å²) in [4.78, 5) is 2.35. The Hall–Kier alpha value is -0.180. The average Bonchev–Trinajstić information content (AvgIpc) is 1.78. The van der Waals surface area contributed by atoms with E-state index in [0.29, 0.717) is 17.9 Å². The first-order valence-corrected chi connectivity index (χ1v) is 5.10.